The van der Waals surface area contributed by atoms with Crippen molar-refractivity contribution in [1.82, 2.24) is 5.32 Å². The lowest BCUT2D eigenvalue weighted by Gasteiger charge is -2.14. The van der Waals surface area contributed by atoms with Crippen LogP contribution in [0.15, 0.2) is 60.7 Å². The van der Waals surface area contributed by atoms with E-state index in [0.717, 1.165) is 22.3 Å². The quantitative estimate of drug-likeness (QED) is 0.475. The Kier molecular flexibility index (Phi) is 6.53. The molecule has 0 unspecified atom stereocenters. The lowest BCUT2D eigenvalue weighted by Crippen LogP contribution is -2.29. The third kappa shape index (κ3) is 4.73. The number of anilines is 1. The Hall–Kier alpha value is -4.27. The first-order chi connectivity index (χ1) is 16.3. The number of benzene rings is 3. The van der Waals surface area contributed by atoms with Crippen molar-refractivity contribution in [2.45, 2.75) is 12.3 Å². The van der Waals surface area contributed by atoms with E-state index in [0.29, 0.717) is 12.1 Å². The lowest BCUT2D eigenvalue weighted by molar-refractivity contribution is -0.116. The summed E-state index contributed by atoms with van der Waals surface area (Å²) in [5, 5.41) is 13.5. The normalized spacial score (nSPS) is 11.9. The van der Waals surface area contributed by atoms with E-state index in [9.17, 15) is 23.2 Å². The maximum atomic E-state index is 13.7. The van der Waals surface area contributed by atoms with E-state index in [1.807, 2.05) is 48.5 Å². The number of halogens is 2. The summed E-state index contributed by atoms with van der Waals surface area (Å²) < 4.78 is 32.8. The first-order valence-corrected chi connectivity index (χ1v) is 10.5. The Balaban J connectivity index is 1.27. The second kappa shape index (κ2) is 9.70. The van der Waals surface area contributed by atoms with Gasteiger partial charge in [-0.3, -0.25) is 4.79 Å². The van der Waals surface area contributed by atoms with E-state index in [-0.39, 0.29) is 31.2 Å². The number of alkyl carbamates (subject to hydrolysis) is 1. The van der Waals surface area contributed by atoms with Crippen LogP contribution in [0, 0.1) is 11.6 Å². The number of amides is 2. The zero-order chi connectivity index (χ0) is 24.2. The molecule has 3 aromatic carbocycles. The van der Waals surface area contributed by atoms with E-state index in [2.05, 4.69) is 10.6 Å². The number of carboxylic acids is 1. The predicted molar refractivity (Wildman–Crippen MR) is 120 cm³/mol. The average Bonchev–Trinajstić information content (AvgIpc) is 3.10. The van der Waals surface area contributed by atoms with Crippen LogP contribution in [0.25, 0.3) is 11.1 Å². The van der Waals surface area contributed by atoms with Crippen LogP contribution in [0.2, 0.25) is 0 Å². The maximum Gasteiger partial charge on any atom is 0.407 e. The molecule has 1 aliphatic carbocycles. The third-order valence-electron chi connectivity index (χ3n) is 5.50. The molecule has 0 saturated carbocycles. The van der Waals surface area contributed by atoms with Gasteiger partial charge in [0.05, 0.1) is 0 Å². The Bertz CT molecular complexity index is 1210. The van der Waals surface area contributed by atoms with Crippen LogP contribution in [-0.4, -0.2) is 36.2 Å². The molecule has 0 atom stereocenters. The van der Waals surface area contributed by atoms with Gasteiger partial charge in [-0.25, -0.2) is 18.4 Å². The topological polar surface area (TPSA) is 105 Å². The number of carbonyl (C=O) groups excluding carboxylic acids is 2. The lowest BCUT2D eigenvalue weighted by atomic mass is 9.98. The molecule has 34 heavy (non-hydrogen) atoms. The van der Waals surface area contributed by atoms with Crippen LogP contribution in [0.3, 0.4) is 0 Å². The monoisotopic (exact) mass is 466 g/mol. The second-order valence-corrected chi connectivity index (χ2v) is 7.67. The van der Waals surface area contributed by atoms with Gasteiger partial charge in [-0.15, -0.1) is 0 Å². The van der Waals surface area contributed by atoms with Gasteiger partial charge in [-0.05, 0) is 34.4 Å². The molecule has 0 bridgehead atoms. The van der Waals surface area contributed by atoms with Crippen LogP contribution in [0.4, 0.5) is 19.3 Å². The summed E-state index contributed by atoms with van der Waals surface area (Å²) in [6.45, 7) is 0.0568. The Morgan fingerprint density at radius 3 is 2.03 bits per heavy atom. The van der Waals surface area contributed by atoms with Gasteiger partial charge in [0.2, 0.25) is 5.91 Å². The number of carbonyl (C=O) groups is 3. The van der Waals surface area contributed by atoms with E-state index in [1.54, 1.807) is 0 Å². The highest BCUT2D eigenvalue weighted by atomic mass is 19.1. The van der Waals surface area contributed by atoms with Crippen LogP contribution < -0.4 is 10.6 Å². The van der Waals surface area contributed by atoms with Crippen molar-refractivity contribution in [3.63, 3.8) is 0 Å². The number of hydrogen-bond acceptors (Lipinski definition) is 4. The molecule has 174 valence electrons. The molecule has 0 fully saturated rings. The fourth-order valence-electron chi connectivity index (χ4n) is 4.00. The summed E-state index contributed by atoms with van der Waals surface area (Å²) >= 11 is 0. The molecule has 1 aliphatic rings. The second-order valence-electron chi connectivity index (χ2n) is 7.67. The van der Waals surface area contributed by atoms with E-state index >= 15 is 0 Å². The summed E-state index contributed by atoms with van der Waals surface area (Å²) in [4.78, 5) is 35.0. The summed E-state index contributed by atoms with van der Waals surface area (Å²) in [6, 6.07) is 17.3. The number of aromatic carboxylic acids is 1. The molecule has 7 nitrogen and oxygen atoms in total. The predicted octanol–water partition coefficient (Wildman–Crippen LogP) is 4.53. The van der Waals surface area contributed by atoms with Crippen molar-refractivity contribution in [1.29, 1.82) is 0 Å². The molecule has 3 aromatic rings. The molecule has 0 radical (unpaired) electrons. The first kappa shape index (κ1) is 22.9. The van der Waals surface area contributed by atoms with Gasteiger partial charge >= 0.3 is 12.1 Å². The van der Waals surface area contributed by atoms with Crippen LogP contribution in [0.1, 0.15) is 33.8 Å². The van der Waals surface area contributed by atoms with E-state index in [4.69, 9.17) is 9.84 Å². The van der Waals surface area contributed by atoms with Crippen molar-refractivity contribution in [3.8, 4) is 11.1 Å². The molecule has 0 aromatic heterocycles. The minimum absolute atomic E-state index is 0.0688. The summed E-state index contributed by atoms with van der Waals surface area (Å²) in [5.74, 6) is -5.08. The molecule has 0 aliphatic heterocycles. The highest BCUT2D eigenvalue weighted by molar-refractivity contribution is 5.93. The van der Waals surface area contributed by atoms with Gasteiger partial charge in [0.15, 0.2) is 0 Å². The summed E-state index contributed by atoms with van der Waals surface area (Å²) in [6.07, 6.45) is -0.883. The van der Waals surface area contributed by atoms with Gasteiger partial charge in [-0.1, -0.05) is 48.5 Å². The van der Waals surface area contributed by atoms with Crippen molar-refractivity contribution in [2.75, 3.05) is 18.5 Å². The molecular weight excluding hydrogens is 446 g/mol. The maximum absolute atomic E-state index is 13.7. The Labute approximate surface area is 193 Å². The standard InChI is InChI=1S/C25H20F2N2O5/c26-20-11-14(12-21(27)23(20)24(31)32)29-22(30)9-10-28-25(33)34-13-19-17-7-3-1-5-15(17)16-6-2-4-8-18(16)19/h1-8,11-12,19H,9-10,13H2,(H,28,33)(H,29,30)(H,31,32). The van der Waals surface area contributed by atoms with Crippen molar-refractivity contribution in [2.24, 2.45) is 0 Å². The number of hydrogen-bond donors (Lipinski definition) is 3. The Morgan fingerprint density at radius 1 is 0.912 bits per heavy atom. The van der Waals surface area contributed by atoms with Crippen LogP contribution in [0.5, 0.6) is 0 Å². The highest BCUT2D eigenvalue weighted by Crippen LogP contribution is 2.44. The molecule has 9 heteroatoms. The molecular formula is C25H20F2N2O5. The van der Waals surface area contributed by atoms with Gasteiger partial charge in [0, 0.05) is 24.6 Å². The number of rotatable bonds is 7. The van der Waals surface area contributed by atoms with E-state index < -0.39 is 35.2 Å². The third-order valence-corrected chi connectivity index (χ3v) is 5.50. The zero-order valence-electron chi connectivity index (χ0n) is 17.8. The summed E-state index contributed by atoms with van der Waals surface area (Å²) in [7, 11) is 0. The van der Waals surface area contributed by atoms with E-state index in [1.165, 1.54) is 0 Å². The molecule has 2 amide bonds. The molecule has 0 spiro atoms. The highest BCUT2D eigenvalue weighted by Gasteiger charge is 2.29. The number of carboxylic acid groups (broad SMARTS) is 1. The SMILES string of the molecule is O=C(CCNC(=O)OCC1c2ccccc2-c2ccccc21)Nc1cc(F)c(C(=O)O)c(F)c1. The largest absolute Gasteiger partial charge is 0.477 e. The smallest absolute Gasteiger partial charge is 0.407 e. The number of ether oxygens (including phenoxy) is 1. The van der Waals surface area contributed by atoms with Crippen LogP contribution >= 0.6 is 0 Å². The first-order valence-electron chi connectivity index (χ1n) is 10.5. The fraction of sp³-hybridized carbons (Fsp3) is 0.160. The van der Waals surface area contributed by atoms with Crippen molar-refractivity contribution in [3.05, 3.63) is 89.0 Å². The van der Waals surface area contributed by atoms with Crippen LogP contribution in [-0.2, 0) is 9.53 Å². The number of nitrogens with one attached hydrogen (secondary N) is 2. The molecule has 0 saturated heterocycles. The number of fused-ring (bicyclic) bond motifs is 3. The molecule has 3 N–H and O–H groups in total. The Morgan fingerprint density at radius 2 is 1.47 bits per heavy atom. The van der Waals surface area contributed by atoms with Gasteiger partial charge < -0.3 is 20.5 Å². The zero-order valence-corrected chi connectivity index (χ0v) is 17.8. The molecule has 0 heterocycles. The van der Waals surface area contributed by atoms with Gasteiger partial charge in [0.25, 0.3) is 0 Å². The minimum Gasteiger partial charge on any atom is -0.477 e. The molecule has 4 rings (SSSR count). The fourth-order valence-corrected chi connectivity index (χ4v) is 4.00. The minimum atomic E-state index is -1.75. The average molecular weight is 466 g/mol. The van der Waals surface area contributed by atoms with Gasteiger partial charge in [0.1, 0.15) is 23.8 Å². The summed E-state index contributed by atoms with van der Waals surface area (Å²) in [5.41, 5.74) is 3.02. The van der Waals surface area contributed by atoms with Gasteiger partial charge in [-0.2, -0.15) is 0 Å². The van der Waals surface area contributed by atoms with Crippen molar-refractivity contribution < 1.29 is 33.0 Å². The van der Waals surface area contributed by atoms with Crippen molar-refractivity contribution >= 4 is 23.7 Å².